The number of likely N-dealkylation sites (tertiary alicyclic amines) is 1. The highest BCUT2D eigenvalue weighted by Gasteiger charge is 2.28. The third-order valence-corrected chi connectivity index (χ3v) is 5.20. The first-order valence-electron chi connectivity index (χ1n) is 5.88. The number of piperidine rings is 1. The minimum Gasteiger partial charge on any atom is -0.337 e. The summed E-state index contributed by atoms with van der Waals surface area (Å²) in [6, 6.07) is 5.38. The van der Waals surface area contributed by atoms with E-state index in [4.69, 9.17) is 23.2 Å². The summed E-state index contributed by atoms with van der Waals surface area (Å²) in [5, 5.41) is 0.487. The standard InChI is InChI=1S/C13H14BrCl2NO/c1-8-5-6-17(7-11(8)15)13(18)9-3-2-4-10(14)12(9)16/h2-4,8,11H,5-7H2,1H3. The second-order valence-corrected chi connectivity index (χ2v) is 6.43. The molecule has 1 aliphatic heterocycles. The van der Waals surface area contributed by atoms with Crippen LogP contribution in [0.15, 0.2) is 22.7 Å². The van der Waals surface area contributed by atoms with Gasteiger partial charge >= 0.3 is 0 Å². The molecule has 2 unspecified atom stereocenters. The quantitative estimate of drug-likeness (QED) is 0.695. The van der Waals surface area contributed by atoms with Gasteiger partial charge in [-0.2, -0.15) is 0 Å². The number of hydrogen-bond acceptors (Lipinski definition) is 1. The van der Waals surface area contributed by atoms with Crippen LogP contribution in [0.25, 0.3) is 0 Å². The molecular formula is C13H14BrCl2NO. The number of halogens is 3. The molecule has 1 aromatic rings. The molecule has 1 aliphatic rings. The van der Waals surface area contributed by atoms with Crippen molar-refractivity contribution in [1.82, 2.24) is 4.90 Å². The lowest BCUT2D eigenvalue weighted by Gasteiger charge is -2.34. The van der Waals surface area contributed by atoms with E-state index in [9.17, 15) is 4.79 Å². The van der Waals surface area contributed by atoms with Crippen molar-refractivity contribution in [3.63, 3.8) is 0 Å². The molecule has 0 N–H and O–H groups in total. The van der Waals surface area contributed by atoms with Gasteiger partial charge in [-0.25, -0.2) is 0 Å². The van der Waals surface area contributed by atoms with Crippen LogP contribution in [0, 0.1) is 5.92 Å². The van der Waals surface area contributed by atoms with Crippen LogP contribution in [0.3, 0.4) is 0 Å². The third-order valence-electron chi connectivity index (χ3n) is 3.34. The molecule has 0 aliphatic carbocycles. The molecule has 0 aromatic heterocycles. The second kappa shape index (κ2) is 5.81. The predicted molar refractivity (Wildman–Crippen MR) is 78.5 cm³/mol. The molecule has 0 spiro atoms. The molecule has 0 saturated carbocycles. The Balaban J connectivity index is 2.19. The van der Waals surface area contributed by atoms with Crippen LogP contribution >= 0.6 is 39.1 Å². The SMILES string of the molecule is CC1CCN(C(=O)c2cccc(Br)c2Cl)CC1Cl. The Morgan fingerprint density at radius 3 is 2.89 bits per heavy atom. The Labute approximate surface area is 125 Å². The van der Waals surface area contributed by atoms with Gasteiger partial charge in [0.15, 0.2) is 0 Å². The molecule has 2 nitrogen and oxygen atoms in total. The van der Waals surface area contributed by atoms with Gasteiger partial charge in [-0.1, -0.05) is 24.6 Å². The first kappa shape index (κ1) is 14.2. The Kier molecular flexibility index (Phi) is 4.57. The van der Waals surface area contributed by atoms with Crippen molar-refractivity contribution in [3.8, 4) is 0 Å². The summed E-state index contributed by atoms with van der Waals surface area (Å²) in [5.74, 6) is 0.410. The average molecular weight is 351 g/mol. The molecule has 1 fully saturated rings. The number of hydrogen-bond donors (Lipinski definition) is 0. The maximum absolute atomic E-state index is 12.4. The Morgan fingerprint density at radius 2 is 2.22 bits per heavy atom. The summed E-state index contributed by atoms with van der Waals surface area (Å²) in [6.07, 6.45) is 0.936. The lowest BCUT2D eigenvalue weighted by atomic mass is 9.98. The highest BCUT2D eigenvalue weighted by molar-refractivity contribution is 9.10. The van der Waals surface area contributed by atoms with Gasteiger partial charge in [-0.15, -0.1) is 11.6 Å². The van der Waals surface area contributed by atoms with E-state index in [1.165, 1.54) is 0 Å². The van der Waals surface area contributed by atoms with Gasteiger partial charge in [-0.05, 0) is 40.4 Å². The van der Waals surface area contributed by atoms with Crippen LogP contribution < -0.4 is 0 Å². The molecule has 1 aromatic carbocycles. The van der Waals surface area contributed by atoms with Crippen molar-refractivity contribution in [2.75, 3.05) is 13.1 Å². The molecule has 18 heavy (non-hydrogen) atoms. The van der Waals surface area contributed by atoms with E-state index in [1.54, 1.807) is 11.0 Å². The van der Waals surface area contributed by atoms with Crippen molar-refractivity contribution in [1.29, 1.82) is 0 Å². The fourth-order valence-corrected chi connectivity index (χ4v) is 2.91. The average Bonchev–Trinajstić information content (AvgIpc) is 2.35. The minimum absolute atomic E-state index is 0.0219. The molecule has 1 amide bonds. The number of nitrogens with zero attached hydrogens (tertiary/aromatic N) is 1. The van der Waals surface area contributed by atoms with Crippen LogP contribution in [0.4, 0.5) is 0 Å². The van der Waals surface area contributed by atoms with Crippen LogP contribution in [0.2, 0.25) is 5.02 Å². The molecule has 0 bridgehead atoms. The topological polar surface area (TPSA) is 20.3 Å². The normalized spacial score (nSPS) is 24.1. The number of benzene rings is 1. The van der Waals surface area contributed by atoms with E-state index >= 15 is 0 Å². The van der Waals surface area contributed by atoms with Gasteiger partial charge in [-0.3, -0.25) is 4.79 Å². The number of carbonyl (C=O) groups excluding carboxylic acids is 1. The van der Waals surface area contributed by atoms with Crippen molar-refractivity contribution in [2.24, 2.45) is 5.92 Å². The van der Waals surface area contributed by atoms with Gasteiger partial charge in [0.1, 0.15) is 0 Å². The molecule has 1 saturated heterocycles. The molecule has 98 valence electrons. The summed E-state index contributed by atoms with van der Waals surface area (Å²) < 4.78 is 0.739. The van der Waals surface area contributed by atoms with E-state index in [2.05, 4.69) is 22.9 Å². The van der Waals surface area contributed by atoms with Gasteiger partial charge in [0.2, 0.25) is 0 Å². The van der Waals surface area contributed by atoms with Gasteiger partial charge in [0.05, 0.1) is 16.0 Å². The summed E-state index contributed by atoms with van der Waals surface area (Å²) in [5.41, 5.74) is 0.532. The van der Waals surface area contributed by atoms with Crippen molar-refractivity contribution >= 4 is 45.0 Å². The van der Waals surface area contributed by atoms with E-state index in [0.29, 0.717) is 23.0 Å². The van der Waals surface area contributed by atoms with Crippen LogP contribution in [0.5, 0.6) is 0 Å². The lowest BCUT2D eigenvalue weighted by molar-refractivity contribution is 0.0701. The van der Waals surface area contributed by atoms with E-state index in [-0.39, 0.29) is 11.3 Å². The number of carbonyl (C=O) groups is 1. The molecule has 2 rings (SSSR count). The minimum atomic E-state index is -0.0427. The zero-order valence-corrected chi connectivity index (χ0v) is 13.1. The van der Waals surface area contributed by atoms with Crippen LogP contribution in [0.1, 0.15) is 23.7 Å². The molecule has 1 heterocycles. The summed E-state index contributed by atoms with van der Waals surface area (Å²) >= 11 is 15.7. The Hall–Kier alpha value is -0.250. The van der Waals surface area contributed by atoms with Crippen molar-refractivity contribution in [3.05, 3.63) is 33.3 Å². The third kappa shape index (κ3) is 2.84. The van der Waals surface area contributed by atoms with Crippen molar-refractivity contribution in [2.45, 2.75) is 18.7 Å². The summed E-state index contributed by atoms with van der Waals surface area (Å²) in [6.45, 7) is 3.45. The van der Waals surface area contributed by atoms with E-state index < -0.39 is 0 Å². The summed E-state index contributed by atoms with van der Waals surface area (Å²) in [4.78, 5) is 14.2. The highest BCUT2D eigenvalue weighted by Crippen LogP contribution is 2.29. The van der Waals surface area contributed by atoms with E-state index in [1.807, 2.05) is 12.1 Å². The maximum Gasteiger partial charge on any atom is 0.255 e. The molecule has 2 atom stereocenters. The number of alkyl halides is 1. The first-order chi connectivity index (χ1) is 8.50. The van der Waals surface area contributed by atoms with Crippen LogP contribution in [-0.2, 0) is 0 Å². The zero-order chi connectivity index (χ0) is 13.3. The molecule has 5 heteroatoms. The summed E-state index contributed by atoms with van der Waals surface area (Å²) in [7, 11) is 0. The smallest absolute Gasteiger partial charge is 0.255 e. The van der Waals surface area contributed by atoms with Gasteiger partial charge in [0, 0.05) is 17.6 Å². The fraction of sp³-hybridized carbons (Fsp3) is 0.462. The predicted octanol–water partition coefficient (Wildman–Crippen LogP) is 4.19. The number of rotatable bonds is 1. The Morgan fingerprint density at radius 1 is 1.50 bits per heavy atom. The zero-order valence-electron chi connectivity index (χ0n) is 10.00. The maximum atomic E-state index is 12.4. The lowest BCUT2D eigenvalue weighted by Crippen LogP contribution is -2.43. The van der Waals surface area contributed by atoms with Gasteiger partial charge in [0.25, 0.3) is 5.91 Å². The largest absolute Gasteiger partial charge is 0.337 e. The fourth-order valence-electron chi connectivity index (χ4n) is 2.05. The second-order valence-electron chi connectivity index (χ2n) is 4.63. The van der Waals surface area contributed by atoms with Crippen molar-refractivity contribution < 1.29 is 4.79 Å². The van der Waals surface area contributed by atoms with E-state index in [0.717, 1.165) is 17.4 Å². The Bertz CT molecular complexity index is 466. The highest BCUT2D eigenvalue weighted by atomic mass is 79.9. The molecule has 0 radical (unpaired) electrons. The van der Waals surface area contributed by atoms with Gasteiger partial charge < -0.3 is 4.90 Å². The first-order valence-corrected chi connectivity index (χ1v) is 7.48. The molecular weight excluding hydrogens is 337 g/mol. The monoisotopic (exact) mass is 349 g/mol. The number of amides is 1. The van der Waals surface area contributed by atoms with Crippen LogP contribution in [-0.4, -0.2) is 29.3 Å².